The van der Waals surface area contributed by atoms with Crippen LogP contribution in [0.3, 0.4) is 0 Å². The third-order valence-electron chi connectivity index (χ3n) is 15.5. The number of likely N-dealkylation sites (tertiary alicyclic amines) is 1. The van der Waals surface area contributed by atoms with Crippen LogP contribution < -0.4 is 14.4 Å². The van der Waals surface area contributed by atoms with Crippen LogP contribution in [0, 0.1) is 25.1 Å². The first-order chi connectivity index (χ1) is 36.0. The van der Waals surface area contributed by atoms with Gasteiger partial charge in [-0.25, -0.2) is 9.18 Å². The topological polar surface area (TPSA) is 104 Å². The standard InChI is InChI=1S/C62H61FN6O5/c1-6-40-22-24-41(25-23-40)38-72-57-55(54-39(2)52(63)34-53-51(54)37-69(66-53)62(43-16-10-7-11-17-43,44-18-12-8-13-19-44)45-20-14-9-15-21-45)49(42-26-27-42)33-50-56(57)64-59(73-48-28-30-71-31-29-48)65-58(50)67-35-47-32-46(67)36-68(47)60(70)74-61(3,4)5/h1,7-22,24,33-34,37,42,46-48H,23,25-32,35-36,38H2,2-5H3/t46-,47-/m0/s1. The Hall–Kier alpha value is -7.49. The van der Waals surface area contributed by atoms with E-state index in [1.54, 1.807) is 6.07 Å². The summed E-state index contributed by atoms with van der Waals surface area (Å²) < 4.78 is 45.0. The summed E-state index contributed by atoms with van der Waals surface area (Å²) in [6.07, 6.45) is 17.1. The molecule has 376 valence electrons. The number of nitrogens with zero attached hydrogens (tertiary/aromatic N) is 6. The third kappa shape index (κ3) is 8.64. The van der Waals surface area contributed by atoms with Crippen LogP contribution in [0.5, 0.6) is 11.8 Å². The van der Waals surface area contributed by atoms with Crippen LogP contribution >= 0.6 is 0 Å². The van der Waals surface area contributed by atoms with Gasteiger partial charge in [-0.05, 0) is 105 Å². The second-order valence-electron chi connectivity index (χ2n) is 21.6. The highest BCUT2D eigenvalue weighted by Gasteiger charge is 2.48. The second-order valence-corrected chi connectivity index (χ2v) is 21.6. The molecule has 74 heavy (non-hydrogen) atoms. The number of rotatable bonds is 12. The summed E-state index contributed by atoms with van der Waals surface area (Å²) in [7, 11) is 0. The number of hydrogen-bond acceptors (Lipinski definition) is 9. The van der Waals surface area contributed by atoms with Gasteiger partial charge in [0.1, 0.15) is 41.0 Å². The third-order valence-corrected chi connectivity index (χ3v) is 15.5. The minimum atomic E-state index is -0.947. The predicted molar refractivity (Wildman–Crippen MR) is 286 cm³/mol. The van der Waals surface area contributed by atoms with Gasteiger partial charge in [-0.15, -0.1) is 6.42 Å². The molecule has 12 heteroatoms. The lowest BCUT2D eigenvalue weighted by atomic mass is 9.77. The molecule has 5 aromatic carbocycles. The number of ether oxygens (including phenoxy) is 4. The van der Waals surface area contributed by atoms with Crippen LogP contribution in [0.4, 0.5) is 15.0 Å². The lowest BCUT2D eigenvalue weighted by Crippen LogP contribution is -2.50. The van der Waals surface area contributed by atoms with Gasteiger partial charge in [-0.3, -0.25) is 4.68 Å². The maximum Gasteiger partial charge on any atom is 0.410 e. The Morgan fingerprint density at radius 2 is 1.50 bits per heavy atom. The van der Waals surface area contributed by atoms with Crippen LogP contribution in [-0.2, 0) is 15.0 Å². The molecule has 12 rings (SSSR count). The van der Waals surface area contributed by atoms with Gasteiger partial charge < -0.3 is 28.7 Å². The molecule has 0 N–H and O–H groups in total. The van der Waals surface area contributed by atoms with E-state index in [0.29, 0.717) is 67.1 Å². The van der Waals surface area contributed by atoms with Crippen molar-refractivity contribution in [2.75, 3.05) is 37.8 Å². The molecule has 4 fully saturated rings. The van der Waals surface area contributed by atoms with Crippen molar-refractivity contribution in [2.45, 2.75) is 108 Å². The first-order valence-electron chi connectivity index (χ1n) is 26.2. The summed E-state index contributed by atoms with van der Waals surface area (Å²) in [6, 6.07) is 35.2. The number of carbonyl (C=O) groups is 1. The number of piperazine rings is 1. The molecule has 5 aliphatic rings. The van der Waals surface area contributed by atoms with E-state index in [1.165, 1.54) is 0 Å². The Morgan fingerprint density at radius 1 is 0.824 bits per heavy atom. The first-order valence-corrected chi connectivity index (χ1v) is 26.2. The summed E-state index contributed by atoms with van der Waals surface area (Å²) in [6.45, 7) is 10.0. The van der Waals surface area contributed by atoms with E-state index in [4.69, 9.17) is 40.4 Å². The molecule has 2 aromatic heterocycles. The molecule has 1 saturated carbocycles. The van der Waals surface area contributed by atoms with Crippen molar-refractivity contribution in [1.82, 2.24) is 24.6 Å². The van der Waals surface area contributed by atoms with E-state index in [1.807, 2.05) is 61.6 Å². The van der Waals surface area contributed by atoms with Crippen molar-refractivity contribution in [1.29, 1.82) is 0 Å². The van der Waals surface area contributed by atoms with Crippen molar-refractivity contribution in [3.05, 3.63) is 166 Å². The number of aromatic nitrogens is 4. The van der Waals surface area contributed by atoms with E-state index in [-0.39, 0.29) is 48.6 Å². The van der Waals surface area contributed by atoms with E-state index in [2.05, 4.69) is 102 Å². The normalized spacial score (nSPS) is 19.1. The van der Waals surface area contributed by atoms with E-state index < -0.39 is 11.1 Å². The zero-order valence-electron chi connectivity index (χ0n) is 42.5. The van der Waals surface area contributed by atoms with Crippen molar-refractivity contribution in [2.24, 2.45) is 0 Å². The monoisotopic (exact) mass is 988 g/mol. The van der Waals surface area contributed by atoms with Gasteiger partial charge in [0.25, 0.3) is 0 Å². The van der Waals surface area contributed by atoms with Gasteiger partial charge in [-0.2, -0.15) is 15.1 Å². The lowest BCUT2D eigenvalue weighted by Gasteiger charge is -2.36. The molecule has 5 heterocycles. The number of amides is 1. The van der Waals surface area contributed by atoms with Gasteiger partial charge in [0.05, 0.1) is 30.8 Å². The highest BCUT2D eigenvalue weighted by molar-refractivity contribution is 6.06. The average Bonchev–Trinajstić information content (AvgIpc) is 3.87. The second kappa shape index (κ2) is 19.1. The smallest absolute Gasteiger partial charge is 0.410 e. The number of carbonyl (C=O) groups excluding carboxylic acids is 1. The number of terminal acetylenes is 1. The quantitative estimate of drug-likeness (QED) is 0.0874. The molecule has 7 aromatic rings. The van der Waals surface area contributed by atoms with Gasteiger partial charge >= 0.3 is 12.1 Å². The SMILES string of the molecule is C#CC1=CC=C(COc2c(-c3c(C)c(F)cc4nn(C(c5ccccc5)(c5ccccc5)c5ccccc5)cc34)c(C3CC3)cc3c(N4C[C@@H]5C[C@H]4CN5C(=O)OC(C)(C)C)nc(OC4CCOCC4)nc23)CC1. The fraction of sp³-hybridized carbons (Fsp3) is 0.355. The summed E-state index contributed by atoms with van der Waals surface area (Å²) in [5, 5.41) is 7.04. The molecule has 0 spiro atoms. The fourth-order valence-corrected chi connectivity index (χ4v) is 11.8. The Balaban J connectivity index is 1.10. The molecule has 2 atom stereocenters. The van der Waals surface area contributed by atoms with E-state index in [0.717, 1.165) is 87.7 Å². The fourth-order valence-electron chi connectivity index (χ4n) is 11.8. The van der Waals surface area contributed by atoms with Crippen molar-refractivity contribution < 1.29 is 28.1 Å². The van der Waals surface area contributed by atoms with Crippen molar-refractivity contribution >= 4 is 33.7 Å². The summed E-state index contributed by atoms with van der Waals surface area (Å²) >= 11 is 0. The van der Waals surface area contributed by atoms with Crippen molar-refractivity contribution in [3.8, 4) is 35.2 Å². The van der Waals surface area contributed by atoms with E-state index >= 15 is 4.39 Å². The summed E-state index contributed by atoms with van der Waals surface area (Å²) in [5.41, 5.74) is 7.61. The Morgan fingerprint density at radius 3 is 2.08 bits per heavy atom. The molecule has 1 amide bonds. The average molecular weight is 989 g/mol. The highest BCUT2D eigenvalue weighted by Crippen LogP contribution is 2.54. The van der Waals surface area contributed by atoms with Gasteiger partial charge in [0.2, 0.25) is 0 Å². The maximum atomic E-state index is 17.2. The molecule has 3 aliphatic heterocycles. The molecule has 11 nitrogen and oxygen atoms in total. The van der Waals surface area contributed by atoms with Crippen LogP contribution in [0.1, 0.15) is 99.5 Å². The first kappa shape index (κ1) is 47.5. The number of benzene rings is 5. The zero-order valence-corrected chi connectivity index (χ0v) is 42.5. The number of anilines is 1. The number of halogens is 1. The molecule has 3 saturated heterocycles. The van der Waals surface area contributed by atoms with Crippen LogP contribution in [0.2, 0.25) is 0 Å². The summed E-state index contributed by atoms with van der Waals surface area (Å²) in [5.74, 6) is 3.89. The Bertz CT molecular complexity index is 3290. The molecular formula is C62H61FN6O5. The van der Waals surface area contributed by atoms with Gasteiger partial charge in [-0.1, -0.05) is 109 Å². The van der Waals surface area contributed by atoms with Gasteiger partial charge in [0.15, 0.2) is 5.75 Å². The number of hydrogen-bond donors (Lipinski definition) is 0. The van der Waals surface area contributed by atoms with Crippen LogP contribution in [-0.4, -0.2) is 87.4 Å². The van der Waals surface area contributed by atoms with Crippen LogP contribution in [0.25, 0.3) is 32.9 Å². The largest absolute Gasteiger partial charge is 0.486 e. The summed E-state index contributed by atoms with van der Waals surface area (Å²) in [4.78, 5) is 28.4. The molecule has 0 radical (unpaired) electrons. The maximum absolute atomic E-state index is 17.2. The number of allylic oxidation sites excluding steroid dienone is 3. The molecule has 2 aliphatic carbocycles. The predicted octanol–water partition coefficient (Wildman–Crippen LogP) is 12.2. The Labute approximate surface area is 432 Å². The molecular weight excluding hydrogens is 928 g/mol. The Kier molecular flexibility index (Phi) is 12.3. The zero-order chi connectivity index (χ0) is 50.7. The minimum Gasteiger partial charge on any atom is -0.486 e. The molecule has 0 unspecified atom stereocenters. The van der Waals surface area contributed by atoms with Gasteiger partial charge in [0, 0.05) is 65.7 Å². The number of fused-ring (bicyclic) bond motifs is 4. The van der Waals surface area contributed by atoms with Crippen LogP contribution in [0.15, 0.2) is 133 Å². The lowest BCUT2D eigenvalue weighted by molar-refractivity contribution is 0.0206. The van der Waals surface area contributed by atoms with Crippen molar-refractivity contribution in [3.63, 3.8) is 0 Å². The highest BCUT2D eigenvalue weighted by atomic mass is 19.1. The molecule has 2 bridgehead atoms. The van der Waals surface area contributed by atoms with E-state index in [9.17, 15) is 4.79 Å². The minimum absolute atomic E-state index is 0.0189.